The Morgan fingerprint density at radius 1 is 1.26 bits per heavy atom. The van der Waals surface area contributed by atoms with Crippen molar-refractivity contribution in [1.82, 2.24) is 0 Å². The first-order valence-corrected chi connectivity index (χ1v) is 6.22. The molecule has 6 heteroatoms. The highest BCUT2D eigenvalue weighted by Gasteiger charge is 2.45. The minimum Gasteiger partial charge on any atom is -0.448 e. The van der Waals surface area contributed by atoms with Gasteiger partial charge in [0.2, 0.25) is 0 Å². The summed E-state index contributed by atoms with van der Waals surface area (Å²) in [5.41, 5.74) is -0.174. The number of rotatable bonds is 2. The van der Waals surface area contributed by atoms with Gasteiger partial charge >= 0.3 is 0 Å². The van der Waals surface area contributed by atoms with Crippen molar-refractivity contribution in [3.63, 3.8) is 0 Å². The SMILES string of the molecule is CC(=O)c1cc2c(cc1[N+](=O)[O-])OC1(CCCC1)O2. The smallest absolute Gasteiger partial charge is 0.284 e. The lowest BCUT2D eigenvalue weighted by Crippen LogP contribution is -2.34. The van der Waals surface area contributed by atoms with E-state index < -0.39 is 10.7 Å². The predicted octanol–water partition coefficient (Wildman–Crippen LogP) is 2.84. The summed E-state index contributed by atoms with van der Waals surface area (Å²) in [6, 6.07) is 2.71. The van der Waals surface area contributed by atoms with Crippen LogP contribution in [0.4, 0.5) is 5.69 Å². The van der Waals surface area contributed by atoms with Crippen molar-refractivity contribution in [3.05, 3.63) is 27.8 Å². The molecule has 2 aliphatic rings. The third-order valence-corrected chi connectivity index (χ3v) is 3.60. The fourth-order valence-electron chi connectivity index (χ4n) is 2.68. The molecule has 19 heavy (non-hydrogen) atoms. The summed E-state index contributed by atoms with van der Waals surface area (Å²) >= 11 is 0. The fraction of sp³-hybridized carbons (Fsp3) is 0.462. The van der Waals surface area contributed by atoms with Crippen LogP contribution in [0, 0.1) is 10.1 Å². The summed E-state index contributed by atoms with van der Waals surface area (Å²) < 4.78 is 11.5. The lowest BCUT2D eigenvalue weighted by atomic mass is 10.1. The molecule has 0 atom stereocenters. The van der Waals surface area contributed by atoms with Crippen molar-refractivity contribution in [1.29, 1.82) is 0 Å². The van der Waals surface area contributed by atoms with E-state index in [1.165, 1.54) is 19.1 Å². The van der Waals surface area contributed by atoms with Crippen LogP contribution in [0.2, 0.25) is 0 Å². The fourth-order valence-corrected chi connectivity index (χ4v) is 2.68. The van der Waals surface area contributed by atoms with Gasteiger partial charge in [0, 0.05) is 18.9 Å². The Morgan fingerprint density at radius 3 is 2.37 bits per heavy atom. The molecule has 6 nitrogen and oxygen atoms in total. The molecule has 0 radical (unpaired) electrons. The number of nitro groups is 1. The minimum atomic E-state index is -0.675. The molecule has 0 saturated heterocycles. The van der Waals surface area contributed by atoms with E-state index in [1.54, 1.807) is 0 Å². The molecule has 0 amide bonds. The molecule has 1 aromatic rings. The predicted molar refractivity (Wildman–Crippen MR) is 65.6 cm³/mol. The lowest BCUT2D eigenvalue weighted by molar-refractivity contribution is -0.385. The lowest BCUT2D eigenvalue weighted by Gasteiger charge is -2.21. The Balaban J connectivity index is 2.06. The van der Waals surface area contributed by atoms with Gasteiger partial charge in [-0.2, -0.15) is 0 Å². The van der Waals surface area contributed by atoms with Crippen LogP contribution in [-0.4, -0.2) is 16.5 Å². The van der Waals surface area contributed by atoms with E-state index in [0.717, 1.165) is 25.7 Å². The van der Waals surface area contributed by atoms with Crippen LogP contribution in [0.5, 0.6) is 11.5 Å². The number of nitrogens with zero attached hydrogens (tertiary/aromatic N) is 1. The highest BCUT2D eigenvalue weighted by atomic mass is 16.7. The Bertz CT molecular complexity index is 530. The van der Waals surface area contributed by atoms with Gasteiger partial charge in [-0.05, 0) is 19.8 Å². The number of carbonyl (C=O) groups is 1. The number of hydrogen-bond donors (Lipinski definition) is 0. The first-order chi connectivity index (χ1) is 9.01. The van der Waals surface area contributed by atoms with Gasteiger partial charge in [-0.25, -0.2) is 0 Å². The van der Waals surface area contributed by atoms with Crippen LogP contribution >= 0.6 is 0 Å². The summed E-state index contributed by atoms with van der Waals surface area (Å²) in [7, 11) is 0. The average Bonchev–Trinajstić information content (AvgIpc) is 2.93. The molecule has 1 aliphatic heterocycles. The standard InChI is InChI=1S/C13H13NO5/c1-8(15)9-6-11-12(7-10(9)14(16)17)19-13(18-11)4-2-3-5-13/h6-7H,2-5H2,1H3. The first kappa shape index (κ1) is 12.0. The Kier molecular flexibility index (Phi) is 2.48. The van der Waals surface area contributed by atoms with Crippen LogP contribution < -0.4 is 9.47 Å². The molecule has 1 spiro atoms. The summed E-state index contributed by atoms with van der Waals surface area (Å²) in [5, 5.41) is 11.0. The molecule has 100 valence electrons. The maximum absolute atomic E-state index is 11.5. The van der Waals surface area contributed by atoms with Crippen LogP contribution in [0.3, 0.4) is 0 Å². The molecular weight excluding hydrogens is 250 g/mol. The zero-order valence-corrected chi connectivity index (χ0v) is 10.5. The number of carbonyl (C=O) groups excluding carboxylic acids is 1. The average molecular weight is 263 g/mol. The number of nitro benzene ring substituents is 1. The second kappa shape index (κ2) is 3.94. The van der Waals surface area contributed by atoms with Gasteiger partial charge in [0.1, 0.15) is 0 Å². The number of hydrogen-bond acceptors (Lipinski definition) is 5. The Labute approximate surface area is 109 Å². The van der Waals surface area contributed by atoms with Crippen molar-refractivity contribution in [2.24, 2.45) is 0 Å². The molecular formula is C13H13NO5. The zero-order valence-electron chi connectivity index (χ0n) is 10.5. The van der Waals surface area contributed by atoms with E-state index in [0.29, 0.717) is 11.5 Å². The quantitative estimate of drug-likeness (QED) is 0.465. The van der Waals surface area contributed by atoms with E-state index in [1.807, 2.05) is 0 Å². The molecule has 1 fully saturated rings. The van der Waals surface area contributed by atoms with Crippen molar-refractivity contribution in [3.8, 4) is 11.5 Å². The van der Waals surface area contributed by atoms with Crippen molar-refractivity contribution in [2.45, 2.75) is 38.4 Å². The van der Waals surface area contributed by atoms with Crippen molar-refractivity contribution < 1.29 is 19.2 Å². The van der Waals surface area contributed by atoms with Gasteiger partial charge < -0.3 is 9.47 Å². The second-order valence-electron chi connectivity index (χ2n) is 4.95. The number of ether oxygens (including phenoxy) is 2. The van der Waals surface area contributed by atoms with Gasteiger partial charge in [-0.1, -0.05) is 0 Å². The van der Waals surface area contributed by atoms with Gasteiger partial charge in [0.15, 0.2) is 17.3 Å². The van der Waals surface area contributed by atoms with Crippen molar-refractivity contribution >= 4 is 11.5 Å². The van der Waals surface area contributed by atoms with Crippen LogP contribution in [0.25, 0.3) is 0 Å². The molecule has 1 aliphatic carbocycles. The highest BCUT2D eigenvalue weighted by Crippen LogP contribution is 2.48. The summed E-state index contributed by atoms with van der Waals surface area (Å²) in [6.07, 6.45) is 3.56. The van der Waals surface area contributed by atoms with Crippen LogP contribution in [0.1, 0.15) is 43.0 Å². The summed E-state index contributed by atoms with van der Waals surface area (Å²) in [4.78, 5) is 21.9. The highest BCUT2D eigenvalue weighted by molar-refractivity contribution is 5.99. The maximum atomic E-state index is 11.5. The van der Waals surface area contributed by atoms with Crippen LogP contribution in [0.15, 0.2) is 12.1 Å². The van der Waals surface area contributed by atoms with Gasteiger partial charge in [0.05, 0.1) is 16.6 Å². The monoisotopic (exact) mass is 263 g/mol. The number of ketones is 1. The molecule has 0 bridgehead atoms. The second-order valence-corrected chi connectivity index (χ2v) is 4.95. The molecule has 3 rings (SSSR count). The molecule has 1 saturated carbocycles. The molecule has 0 unspecified atom stereocenters. The van der Waals surface area contributed by atoms with E-state index in [4.69, 9.17) is 9.47 Å². The molecule has 1 heterocycles. The van der Waals surface area contributed by atoms with E-state index >= 15 is 0 Å². The molecule has 0 aromatic heterocycles. The number of Topliss-reactive ketones (excluding diaryl/α,β-unsaturated/α-hetero) is 1. The van der Waals surface area contributed by atoms with Gasteiger partial charge in [0.25, 0.3) is 11.5 Å². The topological polar surface area (TPSA) is 78.7 Å². The number of fused-ring (bicyclic) bond motifs is 1. The van der Waals surface area contributed by atoms with E-state index in [2.05, 4.69) is 0 Å². The summed E-state index contributed by atoms with van der Waals surface area (Å²) in [6.45, 7) is 1.30. The van der Waals surface area contributed by atoms with Gasteiger partial charge in [-0.15, -0.1) is 0 Å². The molecule has 1 aromatic carbocycles. The number of benzene rings is 1. The zero-order chi connectivity index (χ0) is 13.6. The third-order valence-electron chi connectivity index (χ3n) is 3.60. The Morgan fingerprint density at radius 2 is 1.84 bits per heavy atom. The molecule has 0 N–H and O–H groups in total. The first-order valence-electron chi connectivity index (χ1n) is 6.22. The Hall–Kier alpha value is -2.11. The van der Waals surface area contributed by atoms with E-state index in [9.17, 15) is 14.9 Å². The summed E-state index contributed by atoms with van der Waals surface area (Å²) in [5.74, 6) is -0.243. The maximum Gasteiger partial charge on any atom is 0.284 e. The minimum absolute atomic E-state index is 0.0578. The van der Waals surface area contributed by atoms with E-state index in [-0.39, 0.29) is 17.0 Å². The van der Waals surface area contributed by atoms with Crippen molar-refractivity contribution in [2.75, 3.05) is 0 Å². The van der Waals surface area contributed by atoms with Gasteiger partial charge in [-0.3, -0.25) is 14.9 Å². The largest absolute Gasteiger partial charge is 0.448 e. The normalized spacial score (nSPS) is 18.8. The van der Waals surface area contributed by atoms with Crippen LogP contribution in [-0.2, 0) is 0 Å². The third kappa shape index (κ3) is 1.83.